The molecule has 0 aromatic heterocycles. The van der Waals surface area contributed by atoms with E-state index in [2.05, 4.69) is 24.3 Å². The Hall–Kier alpha value is -2.39. The van der Waals surface area contributed by atoms with E-state index < -0.39 is 14.2 Å². The van der Waals surface area contributed by atoms with Crippen molar-refractivity contribution < 1.29 is 37.6 Å². The highest BCUT2D eigenvalue weighted by molar-refractivity contribution is 6.64. The van der Waals surface area contributed by atoms with E-state index in [9.17, 15) is 0 Å². The molecular formula is C46H70B2O8. The van der Waals surface area contributed by atoms with Gasteiger partial charge in [-0.15, -0.1) is 0 Å². The normalized spacial score (nSPS) is 27.5. The summed E-state index contributed by atoms with van der Waals surface area (Å²) in [5.74, 6) is 3.24. The Morgan fingerprint density at radius 1 is 0.304 bits per heavy atom. The zero-order valence-electron chi connectivity index (χ0n) is 34.4. The van der Waals surface area contributed by atoms with Gasteiger partial charge in [0.15, 0.2) is 0 Å². The molecule has 2 aromatic rings. The highest BCUT2D eigenvalue weighted by Crippen LogP contribution is 2.39. The van der Waals surface area contributed by atoms with Crippen molar-refractivity contribution in [1.29, 1.82) is 0 Å². The van der Waals surface area contributed by atoms with E-state index in [1.54, 1.807) is 0 Å². The first-order valence-corrected chi connectivity index (χ1v) is 23.2. The zero-order chi connectivity index (χ0) is 38.0. The van der Waals surface area contributed by atoms with Crippen LogP contribution in [0.2, 0.25) is 0 Å². The summed E-state index contributed by atoms with van der Waals surface area (Å²) in [6, 6.07) is 12.3. The maximum Gasteiger partial charge on any atom is 0.502 e. The summed E-state index contributed by atoms with van der Waals surface area (Å²) in [4.78, 5) is 0. The van der Waals surface area contributed by atoms with Gasteiger partial charge >= 0.3 is 14.2 Å². The van der Waals surface area contributed by atoms with Crippen LogP contribution in [0.1, 0.15) is 167 Å². The Balaban J connectivity index is 1.10. The number of hydrogen-bond acceptors (Lipinski definition) is 8. The minimum atomic E-state index is -0.565. The van der Waals surface area contributed by atoms with E-state index in [-0.39, 0.29) is 24.4 Å². The highest BCUT2D eigenvalue weighted by Gasteiger charge is 2.54. The van der Waals surface area contributed by atoms with Gasteiger partial charge in [-0.3, -0.25) is 0 Å². The molecule has 0 radical (unpaired) electrons. The smallest absolute Gasteiger partial charge is 0.494 e. The van der Waals surface area contributed by atoms with E-state index >= 15 is 0 Å². The van der Waals surface area contributed by atoms with Gasteiger partial charge in [0, 0.05) is 12.8 Å². The third kappa shape index (κ3) is 12.3. The van der Waals surface area contributed by atoms with Crippen molar-refractivity contribution in [2.24, 2.45) is 0 Å². The van der Waals surface area contributed by atoms with Gasteiger partial charge < -0.3 is 37.6 Å². The number of ether oxygens (including phenoxy) is 4. The molecule has 10 heteroatoms. The van der Waals surface area contributed by atoms with Gasteiger partial charge in [0.25, 0.3) is 0 Å². The number of benzene rings is 2. The van der Waals surface area contributed by atoms with Crippen LogP contribution in [0.4, 0.5) is 0 Å². The van der Waals surface area contributed by atoms with Crippen LogP contribution >= 0.6 is 0 Å². The molecule has 7 aliphatic rings. The molecule has 8 bridgehead atoms. The average Bonchev–Trinajstić information content (AvgIpc) is 3.81. The Labute approximate surface area is 339 Å². The van der Waals surface area contributed by atoms with Crippen molar-refractivity contribution >= 4 is 25.2 Å². The average molecular weight is 773 g/mol. The first-order valence-electron chi connectivity index (χ1n) is 23.2. The van der Waals surface area contributed by atoms with Gasteiger partial charge in [0.2, 0.25) is 0 Å². The molecule has 6 heterocycles. The van der Waals surface area contributed by atoms with Gasteiger partial charge in [-0.1, -0.05) is 141 Å². The van der Waals surface area contributed by atoms with E-state index in [0.29, 0.717) is 39.3 Å². The topological polar surface area (TPSA) is 73.8 Å². The lowest BCUT2D eigenvalue weighted by atomic mass is 9.77. The quantitative estimate of drug-likeness (QED) is 0.245. The highest BCUT2D eigenvalue weighted by atomic mass is 16.7. The van der Waals surface area contributed by atoms with E-state index in [0.717, 1.165) is 59.6 Å². The molecule has 1 saturated carbocycles. The SMILES string of the molecule is c1cc2c3c(c1)OCCCCCCCCCCCCCCOc1cccc(c1B1OC4CC5OB3OC5CC4O1)OCCCCCCCCCCCCCCO2. The molecule has 308 valence electrons. The predicted octanol–water partition coefficient (Wildman–Crippen LogP) is 10.0. The first kappa shape index (κ1) is 41.8. The van der Waals surface area contributed by atoms with Crippen molar-refractivity contribution in [3.05, 3.63) is 36.4 Å². The number of hydrogen-bond donors (Lipinski definition) is 0. The van der Waals surface area contributed by atoms with Crippen molar-refractivity contribution in [3.63, 3.8) is 0 Å². The van der Waals surface area contributed by atoms with Gasteiger partial charge in [-0.2, -0.15) is 0 Å². The molecule has 0 N–H and O–H groups in total. The van der Waals surface area contributed by atoms with Crippen LogP contribution in [0.15, 0.2) is 36.4 Å². The van der Waals surface area contributed by atoms with Gasteiger partial charge in [0.1, 0.15) is 23.0 Å². The Morgan fingerprint density at radius 3 is 0.750 bits per heavy atom. The standard InChI is InChI=1S/C46H70B2O8/c1-2-6-10-14-18-22-32-50-38-28-26-30-40-46(38)48-55-43-35-41-42(36-44(43)56-48)54-47(53-41)45-37(49-31-21-17-13-9-5-1)27-25-29-39(45)51-33-23-19-15-11-7-3-4-8-12-16-20-24-34-52-40/h25-30,41-44H,1-24,31-36H2. The molecule has 3 fully saturated rings. The van der Waals surface area contributed by atoms with Gasteiger partial charge in [-0.25, -0.2) is 0 Å². The Bertz CT molecular complexity index is 1230. The third-order valence-corrected chi connectivity index (χ3v) is 12.6. The zero-order valence-corrected chi connectivity index (χ0v) is 34.4. The van der Waals surface area contributed by atoms with Gasteiger partial charge in [0.05, 0.1) is 61.8 Å². The second-order valence-corrected chi connectivity index (χ2v) is 17.0. The van der Waals surface area contributed by atoms with Crippen LogP contribution in [0.5, 0.6) is 23.0 Å². The molecule has 8 nitrogen and oxygen atoms in total. The van der Waals surface area contributed by atoms with Crippen molar-refractivity contribution in [1.82, 2.24) is 0 Å². The third-order valence-electron chi connectivity index (χ3n) is 12.6. The molecule has 0 spiro atoms. The summed E-state index contributed by atoms with van der Waals surface area (Å²) in [5.41, 5.74) is 1.77. The lowest BCUT2D eigenvalue weighted by Gasteiger charge is -2.31. The molecule has 4 atom stereocenters. The first-order chi connectivity index (χ1) is 27.8. The van der Waals surface area contributed by atoms with E-state index in [4.69, 9.17) is 37.6 Å². The number of fused-ring (bicyclic) bond motifs is 30. The van der Waals surface area contributed by atoms with Crippen LogP contribution in [-0.2, 0) is 18.6 Å². The molecule has 4 unspecified atom stereocenters. The lowest BCUT2D eigenvalue weighted by molar-refractivity contribution is 0.00578. The molecule has 2 saturated heterocycles. The van der Waals surface area contributed by atoms with Crippen molar-refractivity contribution in [2.75, 3.05) is 26.4 Å². The fraction of sp³-hybridized carbons (Fsp3) is 0.739. The van der Waals surface area contributed by atoms with E-state index in [1.165, 1.54) is 128 Å². The lowest BCUT2D eigenvalue weighted by Crippen LogP contribution is -2.41. The van der Waals surface area contributed by atoms with Crippen LogP contribution in [0, 0.1) is 0 Å². The predicted molar refractivity (Wildman–Crippen MR) is 225 cm³/mol. The van der Waals surface area contributed by atoms with Crippen LogP contribution in [0.3, 0.4) is 0 Å². The monoisotopic (exact) mass is 773 g/mol. The second-order valence-electron chi connectivity index (χ2n) is 17.0. The van der Waals surface area contributed by atoms with Crippen LogP contribution in [-0.4, -0.2) is 65.1 Å². The molecular weight excluding hydrogens is 702 g/mol. The summed E-state index contributed by atoms with van der Waals surface area (Å²) in [7, 11) is -1.13. The fourth-order valence-electron chi connectivity index (χ4n) is 9.30. The maximum atomic E-state index is 6.79. The van der Waals surface area contributed by atoms with E-state index in [1.807, 2.05) is 12.1 Å². The summed E-state index contributed by atoms with van der Waals surface area (Å²) in [5, 5.41) is 0. The fourth-order valence-corrected chi connectivity index (χ4v) is 9.30. The molecule has 1 aliphatic carbocycles. The summed E-state index contributed by atoms with van der Waals surface area (Å²) < 4.78 is 53.2. The van der Waals surface area contributed by atoms with Crippen LogP contribution in [0.25, 0.3) is 0 Å². The second kappa shape index (κ2) is 23.3. The molecule has 9 rings (SSSR count). The largest absolute Gasteiger partial charge is 0.502 e. The molecule has 2 aromatic carbocycles. The minimum absolute atomic E-state index is 0.114. The molecule has 0 amide bonds. The summed E-state index contributed by atoms with van der Waals surface area (Å²) in [6.45, 7) is 2.72. The van der Waals surface area contributed by atoms with Crippen molar-refractivity contribution in [2.45, 2.75) is 191 Å². The minimum Gasteiger partial charge on any atom is -0.494 e. The van der Waals surface area contributed by atoms with Crippen molar-refractivity contribution in [3.8, 4) is 23.0 Å². The maximum absolute atomic E-state index is 6.79. The summed E-state index contributed by atoms with van der Waals surface area (Å²) in [6.07, 6.45) is 30.8. The molecule has 56 heavy (non-hydrogen) atoms. The Kier molecular flexibility index (Phi) is 17.3. The van der Waals surface area contributed by atoms with Crippen LogP contribution < -0.4 is 29.9 Å². The number of rotatable bonds is 0. The molecule has 6 aliphatic heterocycles. The van der Waals surface area contributed by atoms with Gasteiger partial charge in [-0.05, 0) is 49.9 Å². The summed E-state index contributed by atoms with van der Waals surface area (Å²) >= 11 is 0. The Morgan fingerprint density at radius 2 is 0.518 bits per heavy atom.